The summed E-state index contributed by atoms with van der Waals surface area (Å²) in [4.78, 5) is 17.0. The summed E-state index contributed by atoms with van der Waals surface area (Å²) in [7, 11) is 0. The number of benzene rings is 3. The van der Waals surface area contributed by atoms with Gasteiger partial charge in [-0.1, -0.05) is 54.6 Å². The van der Waals surface area contributed by atoms with Crippen LogP contribution in [0.3, 0.4) is 0 Å². The molecule has 0 unspecified atom stereocenters. The molecule has 0 aromatic heterocycles. The number of halogens is 1. The molecule has 3 aromatic rings. The zero-order chi connectivity index (χ0) is 22.8. The number of nitrogens with zero attached hydrogens (tertiary/aromatic N) is 2. The molecule has 0 aliphatic carbocycles. The van der Waals surface area contributed by atoms with Gasteiger partial charge in [0.2, 0.25) is 0 Å². The van der Waals surface area contributed by atoms with E-state index in [0.29, 0.717) is 13.1 Å². The largest absolute Gasteiger partial charge is 0.338 e. The van der Waals surface area contributed by atoms with Crippen molar-refractivity contribution in [3.63, 3.8) is 0 Å². The highest BCUT2D eigenvalue weighted by molar-refractivity contribution is 5.95. The minimum absolute atomic E-state index is 0.0959. The minimum atomic E-state index is -0.231. The molecule has 2 heterocycles. The second kappa shape index (κ2) is 8.99. The highest BCUT2D eigenvalue weighted by Gasteiger charge is 2.46. The van der Waals surface area contributed by atoms with Crippen molar-refractivity contribution < 1.29 is 9.18 Å². The number of hydrogen-bond acceptors (Lipinski definition) is 2. The standard InChI is InChI=1S/C28H30FN3O/c1-2-30-27(33)32-20-28(25-18-23(29)12-13-26(25)32)14-16-31(17-15-28)19-22-10-6-7-11-24(22)21-8-4-3-5-9-21/h3-13,18H,2,14-17,19-20H2,1H3,(H,30,33). The van der Waals surface area contributed by atoms with E-state index in [1.165, 1.54) is 22.8 Å². The molecule has 0 atom stereocenters. The third-order valence-electron chi connectivity index (χ3n) is 7.16. The lowest BCUT2D eigenvalue weighted by molar-refractivity contribution is 0.159. The van der Waals surface area contributed by atoms with Gasteiger partial charge in [0.1, 0.15) is 5.82 Å². The summed E-state index contributed by atoms with van der Waals surface area (Å²) in [6.07, 6.45) is 1.82. The molecule has 5 heteroatoms. The molecule has 0 radical (unpaired) electrons. The molecule has 4 nitrogen and oxygen atoms in total. The van der Waals surface area contributed by atoms with Crippen molar-refractivity contribution >= 4 is 11.7 Å². The Morgan fingerprint density at radius 2 is 1.73 bits per heavy atom. The number of carbonyl (C=O) groups excluding carboxylic acids is 1. The second-order valence-electron chi connectivity index (χ2n) is 9.16. The van der Waals surface area contributed by atoms with Crippen LogP contribution in [-0.2, 0) is 12.0 Å². The Balaban J connectivity index is 1.35. The first-order valence-electron chi connectivity index (χ1n) is 11.8. The van der Waals surface area contributed by atoms with Gasteiger partial charge in [-0.05, 0) is 73.3 Å². The summed E-state index contributed by atoms with van der Waals surface area (Å²) in [5.74, 6) is -0.231. The van der Waals surface area contributed by atoms with Crippen LogP contribution in [0.4, 0.5) is 14.9 Å². The van der Waals surface area contributed by atoms with Gasteiger partial charge < -0.3 is 5.32 Å². The van der Waals surface area contributed by atoms with Crippen molar-refractivity contribution in [3.05, 3.63) is 89.7 Å². The highest BCUT2D eigenvalue weighted by Crippen LogP contribution is 2.47. The molecule has 3 aromatic carbocycles. The third kappa shape index (κ3) is 4.13. The summed E-state index contributed by atoms with van der Waals surface area (Å²) < 4.78 is 14.2. The van der Waals surface area contributed by atoms with Crippen LogP contribution >= 0.6 is 0 Å². The monoisotopic (exact) mass is 443 g/mol. The average molecular weight is 444 g/mol. The molecule has 1 N–H and O–H groups in total. The minimum Gasteiger partial charge on any atom is -0.338 e. The summed E-state index contributed by atoms with van der Waals surface area (Å²) in [6.45, 7) is 5.84. The molecular weight excluding hydrogens is 413 g/mol. The van der Waals surface area contributed by atoms with E-state index >= 15 is 0 Å². The first-order chi connectivity index (χ1) is 16.1. The molecule has 2 aliphatic rings. The van der Waals surface area contributed by atoms with Gasteiger partial charge in [-0.3, -0.25) is 9.80 Å². The molecule has 1 saturated heterocycles. The maximum Gasteiger partial charge on any atom is 0.321 e. The van der Waals surface area contributed by atoms with Crippen molar-refractivity contribution in [2.75, 3.05) is 31.1 Å². The number of urea groups is 1. The fourth-order valence-corrected chi connectivity index (χ4v) is 5.43. The van der Waals surface area contributed by atoms with Crippen LogP contribution in [0.5, 0.6) is 0 Å². The van der Waals surface area contributed by atoms with Crippen LogP contribution in [0.2, 0.25) is 0 Å². The zero-order valence-corrected chi connectivity index (χ0v) is 19.1. The molecule has 0 saturated carbocycles. The van der Waals surface area contributed by atoms with E-state index in [1.807, 2.05) is 13.0 Å². The van der Waals surface area contributed by atoms with Crippen LogP contribution in [0.25, 0.3) is 11.1 Å². The van der Waals surface area contributed by atoms with E-state index in [4.69, 9.17) is 0 Å². The lowest BCUT2D eigenvalue weighted by Crippen LogP contribution is -2.47. The normalized spacial score (nSPS) is 17.2. The molecule has 170 valence electrons. The molecule has 2 aliphatic heterocycles. The molecule has 1 spiro atoms. The van der Waals surface area contributed by atoms with E-state index in [-0.39, 0.29) is 17.3 Å². The predicted octanol–water partition coefficient (Wildman–Crippen LogP) is 5.58. The quantitative estimate of drug-likeness (QED) is 0.572. The summed E-state index contributed by atoms with van der Waals surface area (Å²) in [6, 6.07) is 23.9. The van der Waals surface area contributed by atoms with Gasteiger partial charge in [0.25, 0.3) is 0 Å². The van der Waals surface area contributed by atoms with E-state index < -0.39 is 0 Å². The fourth-order valence-electron chi connectivity index (χ4n) is 5.43. The van der Waals surface area contributed by atoms with Crippen molar-refractivity contribution in [2.24, 2.45) is 0 Å². The SMILES string of the molecule is CCNC(=O)N1CC2(CCN(Cc3ccccc3-c3ccccc3)CC2)c2cc(F)ccc21. The van der Waals surface area contributed by atoms with Crippen LogP contribution in [-0.4, -0.2) is 37.1 Å². The van der Waals surface area contributed by atoms with Gasteiger partial charge in [-0.2, -0.15) is 0 Å². The molecule has 33 heavy (non-hydrogen) atoms. The first kappa shape index (κ1) is 21.7. The number of piperidine rings is 1. The highest BCUT2D eigenvalue weighted by atomic mass is 19.1. The van der Waals surface area contributed by atoms with Gasteiger partial charge in [-0.25, -0.2) is 9.18 Å². The number of hydrogen-bond donors (Lipinski definition) is 1. The maximum absolute atomic E-state index is 14.2. The Kier molecular flexibility index (Phi) is 5.90. The van der Waals surface area contributed by atoms with Crippen LogP contribution in [0, 0.1) is 5.82 Å². The van der Waals surface area contributed by atoms with Crippen molar-refractivity contribution in [3.8, 4) is 11.1 Å². The number of fused-ring (bicyclic) bond motifs is 2. The lowest BCUT2D eigenvalue weighted by Gasteiger charge is -2.40. The Bertz CT molecular complexity index is 1140. The number of amides is 2. The predicted molar refractivity (Wildman–Crippen MR) is 131 cm³/mol. The fraction of sp³-hybridized carbons (Fsp3) is 0.321. The molecule has 1 fully saturated rings. The summed E-state index contributed by atoms with van der Waals surface area (Å²) in [5.41, 5.74) is 5.48. The van der Waals surface area contributed by atoms with Crippen LogP contribution in [0.1, 0.15) is 30.9 Å². The Labute approximate surface area is 195 Å². The van der Waals surface area contributed by atoms with Gasteiger partial charge in [-0.15, -0.1) is 0 Å². The lowest BCUT2D eigenvalue weighted by atomic mass is 9.74. The van der Waals surface area contributed by atoms with Gasteiger partial charge >= 0.3 is 6.03 Å². The average Bonchev–Trinajstić information content (AvgIpc) is 3.15. The van der Waals surface area contributed by atoms with Crippen molar-refractivity contribution in [1.82, 2.24) is 10.2 Å². The van der Waals surface area contributed by atoms with Gasteiger partial charge in [0.05, 0.1) is 0 Å². The maximum atomic E-state index is 14.2. The van der Waals surface area contributed by atoms with Gasteiger partial charge in [0, 0.05) is 30.7 Å². The van der Waals surface area contributed by atoms with Crippen molar-refractivity contribution in [2.45, 2.75) is 31.7 Å². The zero-order valence-electron chi connectivity index (χ0n) is 19.1. The molecule has 5 rings (SSSR count). The Morgan fingerprint density at radius 1 is 1.00 bits per heavy atom. The van der Waals surface area contributed by atoms with Crippen LogP contribution < -0.4 is 10.2 Å². The Morgan fingerprint density at radius 3 is 2.48 bits per heavy atom. The smallest absolute Gasteiger partial charge is 0.321 e. The first-order valence-corrected chi connectivity index (χ1v) is 11.8. The Hall–Kier alpha value is -3.18. The van der Waals surface area contributed by atoms with E-state index in [1.54, 1.807) is 17.0 Å². The third-order valence-corrected chi connectivity index (χ3v) is 7.16. The summed E-state index contributed by atoms with van der Waals surface area (Å²) in [5, 5.41) is 2.91. The molecular formula is C28H30FN3O. The molecule has 0 bridgehead atoms. The number of nitrogens with one attached hydrogen (secondary N) is 1. The van der Waals surface area contributed by atoms with E-state index in [0.717, 1.165) is 43.7 Å². The van der Waals surface area contributed by atoms with Crippen LogP contribution in [0.15, 0.2) is 72.8 Å². The van der Waals surface area contributed by atoms with E-state index in [2.05, 4.69) is 58.7 Å². The summed E-state index contributed by atoms with van der Waals surface area (Å²) >= 11 is 0. The van der Waals surface area contributed by atoms with E-state index in [9.17, 15) is 9.18 Å². The number of likely N-dealkylation sites (tertiary alicyclic amines) is 1. The van der Waals surface area contributed by atoms with Gasteiger partial charge in [0.15, 0.2) is 0 Å². The second-order valence-corrected chi connectivity index (χ2v) is 9.16. The van der Waals surface area contributed by atoms with Crippen molar-refractivity contribution in [1.29, 1.82) is 0 Å². The number of carbonyl (C=O) groups is 1. The molecule has 2 amide bonds. The number of anilines is 1. The number of rotatable bonds is 4. The topological polar surface area (TPSA) is 35.6 Å².